The van der Waals surface area contributed by atoms with Gasteiger partial charge in [0.1, 0.15) is 0 Å². The lowest BCUT2D eigenvalue weighted by Crippen LogP contribution is -2.43. The Balaban J connectivity index is 1.97. The van der Waals surface area contributed by atoms with Gasteiger partial charge in [-0.05, 0) is 18.8 Å². The van der Waals surface area contributed by atoms with Gasteiger partial charge in [-0.2, -0.15) is 0 Å². The van der Waals surface area contributed by atoms with Crippen molar-refractivity contribution in [2.24, 2.45) is 13.0 Å². The molecule has 1 aromatic rings. The molecule has 2 heterocycles. The molecule has 0 aromatic carbocycles. The van der Waals surface area contributed by atoms with Crippen LogP contribution in [0.5, 0.6) is 0 Å². The smallest absolute Gasteiger partial charge is 0.0949 e. The summed E-state index contributed by atoms with van der Waals surface area (Å²) in [5, 5.41) is 12.8. The molecule has 1 aliphatic carbocycles. The van der Waals surface area contributed by atoms with Gasteiger partial charge >= 0.3 is 0 Å². The van der Waals surface area contributed by atoms with Gasteiger partial charge in [0, 0.05) is 19.5 Å². The van der Waals surface area contributed by atoms with Crippen molar-refractivity contribution in [3.8, 4) is 0 Å². The summed E-state index contributed by atoms with van der Waals surface area (Å²) < 4.78 is 2.12. The summed E-state index contributed by atoms with van der Waals surface area (Å²) in [6, 6.07) is 0.608. The minimum Gasteiger partial charge on any atom is -0.395 e. The minimum atomic E-state index is 0.193. The maximum Gasteiger partial charge on any atom is 0.0949 e. The highest BCUT2D eigenvalue weighted by Crippen LogP contribution is 2.43. The van der Waals surface area contributed by atoms with E-state index >= 15 is 0 Å². The Bertz CT molecular complexity index is 370. The fraction of sp³-hybridized carbons (Fsp3) is 0.727. The highest BCUT2D eigenvalue weighted by Gasteiger charge is 2.39. The highest BCUT2D eigenvalue weighted by molar-refractivity contribution is 5.24. The van der Waals surface area contributed by atoms with Gasteiger partial charge in [0.2, 0.25) is 0 Å². The number of hydrogen-bond acceptors (Lipinski definition) is 3. The third kappa shape index (κ3) is 1.48. The lowest BCUT2D eigenvalue weighted by atomic mass is 9.96. The Kier molecular flexibility index (Phi) is 2.07. The maximum absolute atomic E-state index is 9.25. The number of aliphatic hydroxyl groups is 1. The molecule has 2 aliphatic rings. The molecule has 82 valence electrons. The van der Waals surface area contributed by atoms with Gasteiger partial charge in [-0.3, -0.25) is 0 Å². The van der Waals surface area contributed by atoms with Crippen molar-refractivity contribution in [1.82, 2.24) is 14.9 Å². The second-order valence-corrected chi connectivity index (χ2v) is 4.75. The van der Waals surface area contributed by atoms with Crippen LogP contribution in [0.25, 0.3) is 0 Å². The van der Waals surface area contributed by atoms with E-state index in [0.29, 0.717) is 6.04 Å². The first-order valence-electron chi connectivity index (χ1n) is 5.66. The fourth-order valence-corrected chi connectivity index (χ4v) is 2.58. The number of imidazole rings is 1. The second-order valence-electron chi connectivity index (χ2n) is 4.75. The van der Waals surface area contributed by atoms with E-state index in [1.54, 1.807) is 0 Å². The number of aliphatic hydroxyl groups excluding tert-OH is 1. The lowest BCUT2D eigenvalue weighted by molar-refractivity contribution is 0.214. The summed E-state index contributed by atoms with van der Waals surface area (Å²) in [6.07, 6.45) is 5.36. The zero-order valence-corrected chi connectivity index (χ0v) is 8.98. The molecular weight excluding hydrogens is 190 g/mol. The average molecular weight is 207 g/mol. The number of aromatic nitrogens is 2. The van der Waals surface area contributed by atoms with Gasteiger partial charge < -0.3 is 15.0 Å². The van der Waals surface area contributed by atoms with Crippen molar-refractivity contribution in [2.45, 2.75) is 31.3 Å². The highest BCUT2D eigenvalue weighted by atomic mass is 16.3. The lowest BCUT2D eigenvalue weighted by Gasteiger charge is -2.30. The Morgan fingerprint density at radius 2 is 2.40 bits per heavy atom. The molecule has 0 saturated heterocycles. The molecule has 0 radical (unpaired) electrons. The molecule has 0 amide bonds. The van der Waals surface area contributed by atoms with Gasteiger partial charge in [-0.15, -0.1) is 0 Å². The summed E-state index contributed by atoms with van der Waals surface area (Å²) in [7, 11) is 2.06. The van der Waals surface area contributed by atoms with E-state index in [0.717, 1.165) is 12.3 Å². The molecule has 4 heteroatoms. The molecule has 1 aliphatic heterocycles. The molecule has 2 atom stereocenters. The van der Waals surface area contributed by atoms with E-state index in [-0.39, 0.29) is 12.6 Å². The van der Waals surface area contributed by atoms with Crippen LogP contribution in [-0.4, -0.2) is 27.3 Å². The van der Waals surface area contributed by atoms with Crippen LogP contribution in [0.2, 0.25) is 0 Å². The predicted octanol–water partition coefficient (Wildman–Crippen LogP) is 0.378. The summed E-state index contributed by atoms with van der Waals surface area (Å²) >= 11 is 0. The quantitative estimate of drug-likeness (QED) is 0.737. The molecule has 1 fully saturated rings. The zero-order valence-electron chi connectivity index (χ0n) is 8.98. The number of fused-ring (bicyclic) bond motifs is 1. The van der Waals surface area contributed by atoms with Gasteiger partial charge in [0.25, 0.3) is 0 Å². The number of rotatable bonds is 2. The molecule has 0 bridgehead atoms. The molecule has 1 aromatic heterocycles. The fourth-order valence-electron chi connectivity index (χ4n) is 2.58. The summed E-state index contributed by atoms with van der Waals surface area (Å²) in [6.45, 7) is 0.208. The summed E-state index contributed by atoms with van der Waals surface area (Å²) in [5.41, 5.74) is 2.51. The van der Waals surface area contributed by atoms with E-state index in [4.69, 9.17) is 0 Å². The first-order chi connectivity index (χ1) is 7.29. The normalized spacial score (nSPS) is 30.3. The Morgan fingerprint density at radius 3 is 3.07 bits per heavy atom. The van der Waals surface area contributed by atoms with Crippen LogP contribution < -0.4 is 5.32 Å². The van der Waals surface area contributed by atoms with Crippen LogP contribution in [0.3, 0.4) is 0 Å². The van der Waals surface area contributed by atoms with Crippen molar-refractivity contribution in [1.29, 1.82) is 0 Å². The van der Waals surface area contributed by atoms with Gasteiger partial charge in [0.05, 0.1) is 30.4 Å². The number of nitrogens with zero attached hydrogens (tertiary/aromatic N) is 2. The third-order valence-electron chi connectivity index (χ3n) is 3.53. The SMILES string of the molecule is Cn1cnc2c1C(C1CC1)NC(CO)C2. The second kappa shape index (κ2) is 3.32. The molecule has 2 unspecified atom stereocenters. The van der Waals surface area contributed by atoms with E-state index in [1.807, 2.05) is 6.33 Å². The van der Waals surface area contributed by atoms with Crippen LogP contribution in [0.4, 0.5) is 0 Å². The Morgan fingerprint density at radius 1 is 1.60 bits per heavy atom. The molecule has 3 rings (SSSR count). The Labute approximate surface area is 89.3 Å². The van der Waals surface area contributed by atoms with Crippen LogP contribution in [0.15, 0.2) is 6.33 Å². The van der Waals surface area contributed by atoms with Crippen molar-refractivity contribution in [3.63, 3.8) is 0 Å². The van der Waals surface area contributed by atoms with Crippen molar-refractivity contribution in [2.75, 3.05) is 6.61 Å². The van der Waals surface area contributed by atoms with Crippen molar-refractivity contribution >= 4 is 0 Å². The summed E-state index contributed by atoms with van der Waals surface area (Å²) in [4.78, 5) is 4.43. The first-order valence-corrected chi connectivity index (χ1v) is 5.66. The number of nitrogens with one attached hydrogen (secondary N) is 1. The van der Waals surface area contributed by atoms with Gasteiger partial charge in [-0.1, -0.05) is 0 Å². The number of hydrogen-bond donors (Lipinski definition) is 2. The van der Waals surface area contributed by atoms with E-state index in [9.17, 15) is 5.11 Å². The average Bonchev–Trinajstić information content (AvgIpc) is 3.03. The molecule has 15 heavy (non-hydrogen) atoms. The summed E-state index contributed by atoms with van der Waals surface area (Å²) in [5.74, 6) is 0.758. The topological polar surface area (TPSA) is 50.1 Å². The van der Waals surface area contributed by atoms with E-state index < -0.39 is 0 Å². The largest absolute Gasteiger partial charge is 0.395 e. The minimum absolute atomic E-state index is 0.193. The third-order valence-corrected chi connectivity index (χ3v) is 3.53. The van der Waals surface area contributed by atoms with Crippen LogP contribution >= 0.6 is 0 Å². The standard InChI is InChI=1S/C11H17N3O/c1-14-6-12-9-4-8(5-15)13-10(11(9)14)7-2-3-7/h6-8,10,13,15H,2-5H2,1H3. The molecule has 0 spiro atoms. The van der Waals surface area contributed by atoms with Gasteiger partial charge in [0.15, 0.2) is 0 Å². The van der Waals surface area contributed by atoms with E-state index in [1.165, 1.54) is 24.2 Å². The van der Waals surface area contributed by atoms with Crippen LogP contribution in [0.1, 0.15) is 30.3 Å². The van der Waals surface area contributed by atoms with Crippen LogP contribution in [-0.2, 0) is 13.5 Å². The molecule has 1 saturated carbocycles. The molecule has 2 N–H and O–H groups in total. The maximum atomic E-state index is 9.25. The predicted molar refractivity (Wildman–Crippen MR) is 56.4 cm³/mol. The first kappa shape index (κ1) is 9.36. The van der Waals surface area contributed by atoms with Crippen molar-refractivity contribution < 1.29 is 5.11 Å². The molecule has 4 nitrogen and oxygen atoms in total. The van der Waals surface area contributed by atoms with E-state index in [2.05, 4.69) is 21.9 Å². The zero-order chi connectivity index (χ0) is 10.4. The monoisotopic (exact) mass is 207 g/mol. The van der Waals surface area contributed by atoms with Crippen LogP contribution in [0, 0.1) is 5.92 Å². The molecular formula is C11H17N3O. The van der Waals surface area contributed by atoms with Gasteiger partial charge in [-0.25, -0.2) is 4.98 Å². The van der Waals surface area contributed by atoms with Crippen molar-refractivity contribution in [3.05, 3.63) is 17.7 Å². The number of aryl methyl sites for hydroxylation is 1. The Hall–Kier alpha value is -0.870.